The largest absolute Gasteiger partial charge is 0.385 e. The molecular weight excluding hydrogens is 250 g/mol. The molecule has 0 spiro atoms. The maximum Gasteiger partial charge on any atom is 0.191 e. The fourth-order valence-electron chi connectivity index (χ4n) is 3.85. The van der Waals surface area contributed by atoms with Gasteiger partial charge in [0, 0.05) is 33.4 Å². The summed E-state index contributed by atoms with van der Waals surface area (Å²) in [6.45, 7) is 5.71. The number of rotatable bonds is 8. The zero-order valence-corrected chi connectivity index (χ0v) is 13.2. The van der Waals surface area contributed by atoms with E-state index in [9.17, 15) is 0 Å². The van der Waals surface area contributed by atoms with Crippen LogP contribution < -0.4 is 10.6 Å². The van der Waals surface area contributed by atoms with Crippen molar-refractivity contribution < 1.29 is 4.74 Å². The number of fused-ring (bicyclic) bond motifs is 2. The molecule has 2 aliphatic carbocycles. The molecule has 4 nitrogen and oxygen atoms in total. The highest BCUT2D eigenvalue weighted by atomic mass is 16.5. The lowest BCUT2D eigenvalue weighted by molar-refractivity contribution is 0.197. The quantitative estimate of drug-likeness (QED) is 0.408. The SMILES string of the molecule is CCNC(=NCCCOC)NCCC1CC2CCC1C2. The average molecular weight is 281 g/mol. The second-order valence-electron chi connectivity index (χ2n) is 6.26. The van der Waals surface area contributed by atoms with Gasteiger partial charge in [0.05, 0.1) is 0 Å². The van der Waals surface area contributed by atoms with Crippen molar-refractivity contribution in [3.8, 4) is 0 Å². The maximum absolute atomic E-state index is 5.05. The minimum Gasteiger partial charge on any atom is -0.385 e. The molecule has 0 aliphatic heterocycles. The summed E-state index contributed by atoms with van der Waals surface area (Å²) in [5, 5.41) is 6.80. The van der Waals surface area contributed by atoms with Crippen molar-refractivity contribution >= 4 is 5.96 Å². The van der Waals surface area contributed by atoms with Crippen LogP contribution in [0.4, 0.5) is 0 Å². The molecule has 0 heterocycles. The van der Waals surface area contributed by atoms with E-state index >= 15 is 0 Å². The van der Waals surface area contributed by atoms with E-state index < -0.39 is 0 Å². The van der Waals surface area contributed by atoms with Crippen LogP contribution in [0.1, 0.15) is 45.4 Å². The topological polar surface area (TPSA) is 45.7 Å². The van der Waals surface area contributed by atoms with Gasteiger partial charge in [0.25, 0.3) is 0 Å². The Bertz CT molecular complexity index is 306. The van der Waals surface area contributed by atoms with Crippen molar-refractivity contribution in [2.75, 3.05) is 33.4 Å². The monoisotopic (exact) mass is 281 g/mol. The van der Waals surface area contributed by atoms with Crippen molar-refractivity contribution in [3.63, 3.8) is 0 Å². The first kappa shape index (κ1) is 15.6. The number of methoxy groups -OCH3 is 1. The highest BCUT2D eigenvalue weighted by Gasteiger charge is 2.38. The summed E-state index contributed by atoms with van der Waals surface area (Å²) >= 11 is 0. The van der Waals surface area contributed by atoms with Crippen molar-refractivity contribution in [1.29, 1.82) is 0 Å². The summed E-state index contributed by atoms with van der Waals surface area (Å²) in [5.41, 5.74) is 0. The van der Waals surface area contributed by atoms with Gasteiger partial charge in [0.2, 0.25) is 0 Å². The summed E-state index contributed by atoms with van der Waals surface area (Å²) < 4.78 is 5.05. The number of hydrogen-bond donors (Lipinski definition) is 2. The van der Waals surface area contributed by atoms with Crippen molar-refractivity contribution in [2.24, 2.45) is 22.7 Å². The van der Waals surface area contributed by atoms with Gasteiger partial charge in [-0.1, -0.05) is 6.42 Å². The van der Waals surface area contributed by atoms with Gasteiger partial charge in [-0.2, -0.15) is 0 Å². The third-order valence-corrected chi connectivity index (χ3v) is 4.81. The fourth-order valence-corrected chi connectivity index (χ4v) is 3.85. The predicted molar refractivity (Wildman–Crippen MR) is 84.0 cm³/mol. The Morgan fingerprint density at radius 3 is 2.80 bits per heavy atom. The van der Waals surface area contributed by atoms with Gasteiger partial charge in [-0.3, -0.25) is 4.99 Å². The molecule has 3 atom stereocenters. The molecule has 2 saturated carbocycles. The normalized spacial score (nSPS) is 28.9. The van der Waals surface area contributed by atoms with Gasteiger partial charge < -0.3 is 15.4 Å². The summed E-state index contributed by atoms with van der Waals surface area (Å²) in [6, 6.07) is 0. The van der Waals surface area contributed by atoms with E-state index in [4.69, 9.17) is 4.74 Å². The smallest absolute Gasteiger partial charge is 0.191 e. The summed E-state index contributed by atoms with van der Waals surface area (Å²) in [4.78, 5) is 4.58. The zero-order chi connectivity index (χ0) is 14.2. The van der Waals surface area contributed by atoms with Crippen molar-refractivity contribution in [2.45, 2.75) is 45.4 Å². The Balaban J connectivity index is 1.63. The van der Waals surface area contributed by atoms with Crippen LogP contribution in [0, 0.1) is 17.8 Å². The molecular formula is C16H31N3O. The Labute approximate surface area is 123 Å². The van der Waals surface area contributed by atoms with Crippen LogP contribution in [0.3, 0.4) is 0 Å². The number of nitrogens with one attached hydrogen (secondary N) is 2. The van der Waals surface area contributed by atoms with Gasteiger partial charge in [0.15, 0.2) is 5.96 Å². The zero-order valence-electron chi connectivity index (χ0n) is 13.2. The predicted octanol–water partition coefficient (Wildman–Crippen LogP) is 2.40. The molecule has 2 N–H and O–H groups in total. The van der Waals surface area contributed by atoms with E-state index in [2.05, 4.69) is 22.5 Å². The van der Waals surface area contributed by atoms with Crippen LogP contribution in [0.15, 0.2) is 4.99 Å². The molecule has 0 radical (unpaired) electrons. The lowest BCUT2D eigenvalue weighted by atomic mass is 9.86. The number of aliphatic imine (C=N–C) groups is 1. The minimum absolute atomic E-state index is 0.786. The highest BCUT2D eigenvalue weighted by Crippen LogP contribution is 2.49. The molecule has 4 heteroatoms. The Morgan fingerprint density at radius 2 is 2.15 bits per heavy atom. The molecule has 0 saturated heterocycles. The van der Waals surface area contributed by atoms with Crippen LogP contribution in [0.2, 0.25) is 0 Å². The molecule has 0 amide bonds. The van der Waals surface area contributed by atoms with Gasteiger partial charge in [-0.05, 0) is 56.8 Å². The van der Waals surface area contributed by atoms with E-state index in [1.165, 1.54) is 32.1 Å². The average Bonchev–Trinajstić information content (AvgIpc) is 3.06. The van der Waals surface area contributed by atoms with Crippen LogP contribution in [0.5, 0.6) is 0 Å². The van der Waals surface area contributed by atoms with Gasteiger partial charge in [-0.15, -0.1) is 0 Å². The van der Waals surface area contributed by atoms with Gasteiger partial charge in [-0.25, -0.2) is 0 Å². The Hall–Kier alpha value is -0.770. The maximum atomic E-state index is 5.05. The van der Waals surface area contributed by atoms with Crippen LogP contribution >= 0.6 is 0 Å². The summed E-state index contributed by atoms with van der Waals surface area (Å²) in [5.74, 6) is 4.02. The number of nitrogens with zero attached hydrogens (tertiary/aromatic N) is 1. The van der Waals surface area contributed by atoms with E-state index in [-0.39, 0.29) is 0 Å². The first-order valence-corrected chi connectivity index (χ1v) is 8.34. The highest BCUT2D eigenvalue weighted by molar-refractivity contribution is 5.79. The first-order valence-electron chi connectivity index (χ1n) is 8.34. The molecule has 3 unspecified atom stereocenters. The minimum atomic E-state index is 0.786. The first-order chi connectivity index (χ1) is 9.83. The second kappa shape index (κ2) is 8.50. The number of guanidine groups is 1. The number of ether oxygens (including phenoxy) is 1. The third-order valence-electron chi connectivity index (χ3n) is 4.81. The lowest BCUT2D eigenvalue weighted by Gasteiger charge is -2.22. The van der Waals surface area contributed by atoms with Crippen molar-refractivity contribution in [3.05, 3.63) is 0 Å². The summed E-state index contributed by atoms with van der Waals surface area (Å²) in [6.07, 6.45) is 8.27. The van der Waals surface area contributed by atoms with Crippen LogP contribution in [-0.2, 0) is 4.74 Å². The summed E-state index contributed by atoms with van der Waals surface area (Å²) in [7, 11) is 1.74. The molecule has 0 aromatic heterocycles. The molecule has 116 valence electrons. The molecule has 2 fully saturated rings. The van der Waals surface area contributed by atoms with Gasteiger partial charge in [0.1, 0.15) is 0 Å². The molecule has 0 aromatic rings. The molecule has 2 aliphatic rings. The molecule has 0 aromatic carbocycles. The van der Waals surface area contributed by atoms with E-state index in [0.717, 1.165) is 56.4 Å². The standard InChI is InChI=1S/C16H31N3O/c1-3-17-16(18-8-4-10-20-2)19-9-7-15-12-13-5-6-14(15)11-13/h13-15H,3-12H2,1-2H3,(H2,17,18,19). The second-order valence-corrected chi connectivity index (χ2v) is 6.26. The van der Waals surface area contributed by atoms with E-state index in [1.54, 1.807) is 7.11 Å². The Kier molecular flexibility index (Phi) is 6.64. The molecule has 2 bridgehead atoms. The van der Waals surface area contributed by atoms with E-state index in [0.29, 0.717) is 0 Å². The lowest BCUT2D eigenvalue weighted by Crippen LogP contribution is -2.38. The van der Waals surface area contributed by atoms with Gasteiger partial charge >= 0.3 is 0 Å². The molecule has 2 rings (SSSR count). The van der Waals surface area contributed by atoms with Crippen LogP contribution in [0.25, 0.3) is 0 Å². The fraction of sp³-hybridized carbons (Fsp3) is 0.938. The molecule has 20 heavy (non-hydrogen) atoms. The number of hydrogen-bond acceptors (Lipinski definition) is 2. The third kappa shape index (κ3) is 4.65. The Morgan fingerprint density at radius 1 is 1.25 bits per heavy atom. The van der Waals surface area contributed by atoms with Crippen LogP contribution in [-0.4, -0.2) is 39.3 Å². The van der Waals surface area contributed by atoms with E-state index in [1.807, 2.05) is 0 Å². The van der Waals surface area contributed by atoms with Crippen molar-refractivity contribution in [1.82, 2.24) is 10.6 Å².